The first kappa shape index (κ1) is 19.2. The van der Waals surface area contributed by atoms with Gasteiger partial charge in [-0.3, -0.25) is 9.59 Å². The third-order valence-electron chi connectivity index (χ3n) is 4.39. The maximum absolute atomic E-state index is 12.4. The molecular formula is C18H29N3O2. The zero-order valence-corrected chi connectivity index (χ0v) is 14.4. The predicted octanol–water partition coefficient (Wildman–Crippen LogP) is 2.81. The molecule has 5 heteroatoms. The third-order valence-corrected chi connectivity index (χ3v) is 4.39. The summed E-state index contributed by atoms with van der Waals surface area (Å²) in [5, 5.41) is 5.81. The van der Waals surface area contributed by atoms with Crippen molar-refractivity contribution in [2.24, 2.45) is 11.1 Å². The van der Waals surface area contributed by atoms with Crippen LogP contribution in [0.1, 0.15) is 52.0 Å². The molecule has 0 unspecified atom stereocenters. The molecule has 0 bridgehead atoms. The van der Waals surface area contributed by atoms with Crippen molar-refractivity contribution in [3.8, 4) is 0 Å². The molecule has 1 aromatic rings. The number of nitrogens with two attached hydrogens (primary N) is 1. The van der Waals surface area contributed by atoms with Gasteiger partial charge in [-0.05, 0) is 37.0 Å². The largest absolute Gasteiger partial charge is 0.352 e. The summed E-state index contributed by atoms with van der Waals surface area (Å²) >= 11 is 0. The van der Waals surface area contributed by atoms with Crippen LogP contribution in [-0.4, -0.2) is 18.4 Å². The van der Waals surface area contributed by atoms with E-state index in [4.69, 9.17) is 5.73 Å². The van der Waals surface area contributed by atoms with Gasteiger partial charge in [-0.1, -0.05) is 32.9 Å². The summed E-state index contributed by atoms with van der Waals surface area (Å²) in [7, 11) is 0. The Kier molecular flexibility index (Phi) is 7.75. The lowest BCUT2D eigenvalue weighted by atomic mass is 9.81. The SMILES string of the molecule is CCCC(=O)Nc1ccc(CNC(=O)C(CC)(CC)CN)cc1. The van der Waals surface area contributed by atoms with Gasteiger partial charge in [-0.2, -0.15) is 0 Å². The molecule has 1 aromatic carbocycles. The van der Waals surface area contributed by atoms with E-state index in [1.807, 2.05) is 45.0 Å². The van der Waals surface area contributed by atoms with Crippen molar-refractivity contribution in [1.82, 2.24) is 5.32 Å². The van der Waals surface area contributed by atoms with Crippen LogP contribution in [0.2, 0.25) is 0 Å². The van der Waals surface area contributed by atoms with Crippen LogP contribution in [0.4, 0.5) is 5.69 Å². The second-order valence-corrected chi connectivity index (χ2v) is 5.87. The normalized spacial score (nSPS) is 11.1. The molecule has 2 amide bonds. The lowest BCUT2D eigenvalue weighted by Crippen LogP contribution is -2.45. The van der Waals surface area contributed by atoms with Crippen LogP contribution in [0.3, 0.4) is 0 Å². The number of carbonyl (C=O) groups is 2. The molecule has 0 aliphatic rings. The molecule has 0 saturated heterocycles. The molecule has 0 fully saturated rings. The van der Waals surface area contributed by atoms with Crippen molar-refractivity contribution in [2.75, 3.05) is 11.9 Å². The van der Waals surface area contributed by atoms with Gasteiger partial charge in [0.1, 0.15) is 0 Å². The molecule has 0 spiro atoms. The van der Waals surface area contributed by atoms with E-state index in [1.165, 1.54) is 0 Å². The van der Waals surface area contributed by atoms with Gasteiger partial charge in [0.05, 0.1) is 5.41 Å². The van der Waals surface area contributed by atoms with Crippen LogP contribution >= 0.6 is 0 Å². The second kappa shape index (κ2) is 9.30. The number of hydrogen-bond donors (Lipinski definition) is 3. The van der Waals surface area contributed by atoms with Gasteiger partial charge in [-0.25, -0.2) is 0 Å². The van der Waals surface area contributed by atoms with E-state index in [0.29, 0.717) is 19.5 Å². The van der Waals surface area contributed by atoms with Crippen molar-refractivity contribution in [3.05, 3.63) is 29.8 Å². The highest BCUT2D eigenvalue weighted by Gasteiger charge is 2.32. The monoisotopic (exact) mass is 319 g/mol. The molecular weight excluding hydrogens is 290 g/mol. The smallest absolute Gasteiger partial charge is 0.227 e. The van der Waals surface area contributed by atoms with E-state index in [2.05, 4.69) is 10.6 Å². The molecule has 128 valence electrons. The highest BCUT2D eigenvalue weighted by atomic mass is 16.2. The second-order valence-electron chi connectivity index (χ2n) is 5.87. The number of amides is 2. The fourth-order valence-corrected chi connectivity index (χ4v) is 2.48. The van der Waals surface area contributed by atoms with Crippen molar-refractivity contribution >= 4 is 17.5 Å². The number of anilines is 1. The summed E-state index contributed by atoms with van der Waals surface area (Å²) in [6.45, 7) is 6.77. The summed E-state index contributed by atoms with van der Waals surface area (Å²) in [4.78, 5) is 23.9. The Labute approximate surface area is 139 Å². The Morgan fingerprint density at radius 3 is 2.17 bits per heavy atom. The summed E-state index contributed by atoms with van der Waals surface area (Å²) in [5.41, 5.74) is 7.08. The molecule has 0 aromatic heterocycles. The van der Waals surface area contributed by atoms with E-state index in [0.717, 1.165) is 30.5 Å². The van der Waals surface area contributed by atoms with Crippen LogP contribution in [-0.2, 0) is 16.1 Å². The first-order valence-corrected chi connectivity index (χ1v) is 8.38. The summed E-state index contributed by atoms with van der Waals surface area (Å²) in [6.07, 6.45) is 2.81. The van der Waals surface area contributed by atoms with E-state index in [-0.39, 0.29) is 11.8 Å². The molecule has 4 N–H and O–H groups in total. The molecule has 5 nitrogen and oxygen atoms in total. The number of carbonyl (C=O) groups excluding carboxylic acids is 2. The first-order valence-electron chi connectivity index (χ1n) is 8.38. The predicted molar refractivity (Wildman–Crippen MR) is 93.9 cm³/mol. The molecule has 1 rings (SSSR count). The molecule has 0 saturated carbocycles. The molecule has 23 heavy (non-hydrogen) atoms. The van der Waals surface area contributed by atoms with Gasteiger partial charge < -0.3 is 16.4 Å². The maximum atomic E-state index is 12.4. The molecule has 0 aliphatic heterocycles. The van der Waals surface area contributed by atoms with E-state index in [9.17, 15) is 9.59 Å². The minimum absolute atomic E-state index is 0.00493. The van der Waals surface area contributed by atoms with Crippen LogP contribution in [0, 0.1) is 5.41 Å². The van der Waals surface area contributed by atoms with E-state index >= 15 is 0 Å². The fourth-order valence-electron chi connectivity index (χ4n) is 2.48. The van der Waals surface area contributed by atoms with Crippen LogP contribution in [0.15, 0.2) is 24.3 Å². The van der Waals surface area contributed by atoms with Gasteiger partial charge in [0, 0.05) is 25.2 Å². The van der Waals surface area contributed by atoms with E-state index < -0.39 is 5.41 Å². The van der Waals surface area contributed by atoms with Gasteiger partial charge >= 0.3 is 0 Å². The Balaban J connectivity index is 2.59. The lowest BCUT2D eigenvalue weighted by molar-refractivity contribution is -0.131. The summed E-state index contributed by atoms with van der Waals surface area (Å²) < 4.78 is 0. The Hall–Kier alpha value is -1.88. The zero-order valence-electron chi connectivity index (χ0n) is 14.4. The van der Waals surface area contributed by atoms with Crippen LogP contribution in [0.5, 0.6) is 0 Å². The number of nitrogens with one attached hydrogen (secondary N) is 2. The summed E-state index contributed by atoms with van der Waals surface area (Å²) in [5.74, 6) is 0.0255. The van der Waals surface area contributed by atoms with Gasteiger partial charge in [-0.15, -0.1) is 0 Å². The minimum Gasteiger partial charge on any atom is -0.352 e. The van der Waals surface area contributed by atoms with Crippen LogP contribution < -0.4 is 16.4 Å². The Bertz CT molecular complexity index is 499. The summed E-state index contributed by atoms with van der Waals surface area (Å²) in [6, 6.07) is 7.52. The molecule has 0 atom stereocenters. The average Bonchev–Trinajstić information content (AvgIpc) is 2.56. The molecule has 0 aliphatic carbocycles. The molecule has 0 heterocycles. The van der Waals surface area contributed by atoms with Crippen molar-refractivity contribution in [3.63, 3.8) is 0 Å². The lowest BCUT2D eigenvalue weighted by Gasteiger charge is -2.28. The topological polar surface area (TPSA) is 84.2 Å². The highest BCUT2D eigenvalue weighted by molar-refractivity contribution is 5.90. The van der Waals surface area contributed by atoms with E-state index in [1.54, 1.807) is 0 Å². The van der Waals surface area contributed by atoms with Crippen molar-refractivity contribution < 1.29 is 9.59 Å². The molecule has 0 radical (unpaired) electrons. The van der Waals surface area contributed by atoms with Crippen LogP contribution in [0.25, 0.3) is 0 Å². The highest BCUT2D eigenvalue weighted by Crippen LogP contribution is 2.25. The van der Waals surface area contributed by atoms with Gasteiger partial charge in [0.25, 0.3) is 0 Å². The number of rotatable bonds is 9. The standard InChI is InChI=1S/C18H29N3O2/c1-4-7-16(22)21-15-10-8-14(9-11-15)12-20-17(23)18(5-2,6-3)13-19/h8-11H,4-7,12-13,19H2,1-3H3,(H,20,23)(H,21,22). The van der Waals surface area contributed by atoms with Crippen molar-refractivity contribution in [1.29, 1.82) is 0 Å². The number of benzene rings is 1. The fraction of sp³-hybridized carbons (Fsp3) is 0.556. The first-order chi connectivity index (χ1) is 11.0. The van der Waals surface area contributed by atoms with Gasteiger partial charge in [0.2, 0.25) is 11.8 Å². The van der Waals surface area contributed by atoms with Gasteiger partial charge in [0.15, 0.2) is 0 Å². The van der Waals surface area contributed by atoms with Crippen molar-refractivity contribution in [2.45, 2.75) is 53.0 Å². The maximum Gasteiger partial charge on any atom is 0.227 e. The zero-order chi connectivity index (χ0) is 17.3. The average molecular weight is 319 g/mol. The quantitative estimate of drug-likeness (QED) is 0.654. The Morgan fingerprint density at radius 2 is 1.70 bits per heavy atom. The minimum atomic E-state index is -0.478. The third kappa shape index (κ3) is 5.36. The Morgan fingerprint density at radius 1 is 1.09 bits per heavy atom. The number of hydrogen-bond acceptors (Lipinski definition) is 3.